The van der Waals surface area contributed by atoms with Crippen LogP contribution in [0.25, 0.3) is 0 Å². The van der Waals surface area contributed by atoms with Gasteiger partial charge in [-0.15, -0.1) is 0 Å². The minimum absolute atomic E-state index is 0.441. The second-order valence-corrected chi connectivity index (χ2v) is 6.08. The van der Waals surface area contributed by atoms with E-state index in [2.05, 4.69) is 31.3 Å². The van der Waals surface area contributed by atoms with Crippen molar-refractivity contribution in [1.82, 2.24) is 4.98 Å². The van der Waals surface area contributed by atoms with Crippen molar-refractivity contribution in [3.05, 3.63) is 22.9 Å². The van der Waals surface area contributed by atoms with E-state index in [1.54, 1.807) is 0 Å². The van der Waals surface area contributed by atoms with Gasteiger partial charge in [0.1, 0.15) is 11.9 Å². The molecule has 2 rings (SSSR count). The summed E-state index contributed by atoms with van der Waals surface area (Å²) in [5, 5.41) is 13.0. The Morgan fingerprint density at radius 2 is 2.05 bits per heavy atom. The molecule has 1 atom stereocenters. The van der Waals surface area contributed by atoms with E-state index in [4.69, 9.17) is 4.98 Å². The van der Waals surface area contributed by atoms with Crippen molar-refractivity contribution >= 4 is 5.82 Å². The van der Waals surface area contributed by atoms with Gasteiger partial charge in [-0.3, -0.25) is 0 Å². The minimum atomic E-state index is 0.441. The number of anilines is 1. The minimum Gasteiger partial charge on any atom is -0.366 e. The van der Waals surface area contributed by atoms with E-state index < -0.39 is 0 Å². The van der Waals surface area contributed by atoms with Crippen LogP contribution in [0, 0.1) is 11.3 Å². The molecule has 0 spiro atoms. The molecule has 1 aromatic rings. The zero-order valence-electron chi connectivity index (χ0n) is 13.4. The van der Waals surface area contributed by atoms with Gasteiger partial charge >= 0.3 is 0 Å². The maximum Gasteiger partial charge on any atom is 0.144 e. The van der Waals surface area contributed by atoms with E-state index in [1.807, 2.05) is 0 Å². The van der Waals surface area contributed by atoms with E-state index in [-0.39, 0.29) is 0 Å². The summed E-state index contributed by atoms with van der Waals surface area (Å²) in [4.78, 5) is 4.78. The van der Waals surface area contributed by atoms with Crippen molar-refractivity contribution in [3.8, 4) is 6.07 Å². The van der Waals surface area contributed by atoms with Crippen LogP contribution in [0.5, 0.6) is 0 Å². The van der Waals surface area contributed by atoms with Crippen LogP contribution >= 0.6 is 0 Å². The van der Waals surface area contributed by atoms with Crippen LogP contribution in [0.3, 0.4) is 0 Å². The van der Waals surface area contributed by atoms with Crippen LogP contribution in [0.4, 0.5) is 5.82 Å². The molecule has 21 heavy (non-hydrogen) atoms. The van der Waals surface area contributed by atoms with Crippen LogP contribution < -0.4 is 5.32 Å². The average molecular weight is 285 g/mol. The molecule has 1 unspecified atom stereocenters. The molecule has 114 valence electrons. The van der Waals surface area contributed by atoms with Gasteiger partial charge in [-0.2, -0.15) is 5.26 Å². The maximum atomic E-state index is 9.41. The summed E-state index contributed by atoms with van der Waals surface area (Å²) in [6.07, 6.45) is 10.5. The predicted molar refractivity (Wildman–Crippen MR) is 87.4 cm³/mol. The molecule has 0 aliphatic heterocycles. The Morgan fingerprint density at radius 1 is 1.24 bits per heavy atom. The number of aryl methyl sites for hydroxylation is 2. The van der Waals surface area contributed by atoms with E-state index in [9.17, 15) is 5.26 Å². The fraction of sp³-hybridized carbons (Fsp3) is 0.667. The highest BCUT2D eigenvalue weighted by atomic mass is 15.0. The number of pyridine rings is 1. The summed E-state index contributed by atoms with van der Waals surface area (Å²) in [5.74, 6) is 0.813. The Morgan fingerprint density at radius 3 is 2.76 bits per heavy atom. The van der Waals surface area contributed by atoms with Gasteiger partial charge in [0.05, 0.1) is 5.56 Å². The van der Waals surface area contributed by atoms with Crippen LogP contribution in [-0.4, -0.2) is 11.0 Å². The molecule has 0 aromatic carbocycles. The number of fused-ring (bicyclic) bond motifs is 1. The number of nitrogens with zero attached hydrogens (tertiary/aromatic N) is 2. The molecular formula is C18H27N3. The molecule has 0 fully saturated rings. The summed E-state index contributed by atoms with van der Waals surface area (Å²) in [5.41, 5.74) is 3.20. The van der Waals surface area contributed by atoms with Crippen LogP contribution in [0.15, 0.2) is 6.07 Å². The highest BCUT2D eigenvalue weighted by Crippen LogP contribution is 2.25. The molecule has 1 aliphatic carbocycles. The van der Waals surface area contributed by atoms with Gasteiger partial charge < -0.3 is 5.32 Å². The number of rotatable bonds is 7. The summed E-state index contributed by atoms with van der Waals surface area (Å²) in [6.45, 7) is 4.44. The maximum absolute atomic E-state index is 9.41. The molecule has 1 heterocycles. The van der Waals surface area contributed by atoms with Gasteiger partial charge in [-0.25, -0.2) is 4.98 Å². The first kappa shape index (κ1) is 15.8. The Kier molecular flexibility index (Phi) is 6.04. The summed E-state index contributed by atoms with van der Waals surface area (Å²) >= 11 is 0. The number of nitriles is 1. The molecule has 0 saturated carbocycles. The molecule has 0 saturated heterocycles. The molecule has 0 radical (unpaired) electrons. The SMILES string of the molecule is CCCCC(CCC)Nc1nc2c(cc1C#N)CCCC2. The van der Waals surface area contributed by atoms with Gasteiger partial charge in [0.15, 0.2) is 0 Å². The normalized spacial score (nSPS) is 15.1. The van der Waals surface area contributed by atoms with Crippen molar-refractivity contribution in [2.24, 2.45) is 0 Å². The van der Waals surface area contributed by atoms with Gasteiger partial charge in [0, 0.05) is 11.7 Å². The topological polar surface area (TPSA) is 48.7 Å². The lowest BCUT2D eigenvalue weighted by molar-refractivity contribution is 0.562. The standard InChI is InChI=1S/C18H27N3/c1-3-5-10-16(8-4-2)20-18-15(13-19)12-14-9-6-7-11-17(14)21-18/h12,16H,3-11H2,1-2H3,(H,20,21). The fourth-order valence-corrected chi connectivity index (χ4v) is 3.11. The van der Waals surface area contributed by atoms with E-state index in [0.29, 0.717) is 11.6 Å². The van der Waals surface area contributed by atoms with E-state index in [1.165, 1.54) is 36.9 Å². The third-order valence-corrected chi connectivity index (χ3v) is 4.31. The molecule has 3 nitrogen and oxygen atoms in total. The Labute approximate surface area is 128 Å². The molecule has 0 bridgehead atoms. The first-order valence-electron chi connectivity index (χ1n) is 8.47. The quantitative estimate of drug-likeness (QED) is 0.796. The number of hydrogen-bond acceptors (Lipinski definition) is 3. The van der Waals surface area contributed by atoms with Gasteiger partial charge in [-0.05, 0) is 50.2 Å². The number of nitrogens with one attached hydrogen (secondary N) is 1. The zero-order valence-corrected chi connectivity index (χ0v) is 13.4. The fourth-order valence-electron chi connectivity index (χ4n) is 3.11. The molecule has 3 heteroatoms. The Balaban J connectivity index is 2.18. The third kappa shape index (κ3) is 4.20. The zero-order chi connectivity index (χ0) is 15.1. The lowest BCUT2D eigenvalue weighted by Crippen LogP contribution is -2.21. The van der Waals surface area contributed by atoms with Crippen molar-refractivity contribution in [1.29, 1.82) is 5.26 Å². The van der Waals surface area contributed by atoms with Crippen LogP contribution in [0.2, 0.25) is 0 Å². The Bertz CT molecular complexity index is 502. The van der Waals surface area contributed by atoms with E-state index in [0.717, 1.165) is 37.9 Å². The van der Waals surface area contributed by atoms with Gasteiger partial charge in [0.2, 0.25) is 0 Å². The smallest absolute Gasteiger partial charge is 0.144 e. The summed E-state index contributed by atoms with van der Waals surface area (Å²) < 4.78 is 0. The van der Waals surface area contributed by atoms with Crippen LogP contribution in [0.1, 0.15) is 75.6 Å². The average Bonchev–Trinajstić information content (AvgIpc) is 2.52. The summed E-state index contributed by atoms with van der Waals surface area (Å²) in [6, 6.07) is 4.83. The van der Waals surface area contributed by atoms with Crippen molar-refractivity contribution in [2.45, 2.75) is 77.7 Å². The van der Waals surface area contributed by atoms with Crippen molar-refractivity contribution in [2.75, 3.05) is 5.32 Å². The Hall–Kier alpha value is -1.56. The predicted octanol–water partition coefficient (Wildman–Crippen LogP) is 4.60. The molecule has 0 amide bonds. The molecule has 1 aliphatic rings. The second-order valence-electron chi connectivity index (χ2n) is 6.08. The number of hydrogen-bond donors (Lipinski definition) is 1. The number of unbranched alkanes of at least 4 members (excludes halogenated alkanes) is 1. The molecular weight excluding hydrogens is 258 g/mol. The molecule has 1 N–H and O–H groups in total. The lowest BCUT2D eigenvalue weighted by atomic mass is 9.94. The monoisotopic (exact) mass is 285 g/mol. The highest BCUT2D eigenvalue weighted by molar-refractivity contribution is 5.55. The third-order valence-electron chi connectivity index (χ3n) is 4.31. The first-order valence-corrected chi connectivity index (χ1v) is 8.47. The lowest BCUT2D eigenvalue weighted by Gasteiger charge is -2.22. The summed E-state index contributed by atoms with van der Waals surface area (Å²) in [7, 11) is 0. The van der Waals surface area contributed by atoms with Gasteiger partial charge in [-0.1, -0.05) is 33.1 Å². The second kappa shape index (κ2) is 8.02. The van der Waals surface area contributed by atoms with Gasteiger partial charge in [0.25, 0.3) is 0 Å². The number of aromatic nitrogens is 1. The highest BCUT2D eigenvalue weighted by Gasteiger charge is 2.17. The first-order chi connectivity index (χ1) is 10.3. The van der Waals surface area contributed by atoms with Crippen molar-refractivity contribution in [3.63, 3.8) is 0 Å². The van der Waals surface area contributed by atoms with E-state index >= 15 is 0 Å². The molecule has 1 aromatic heterocycles. The van der Waals surface area contributed by atoms with Crippen molar-refractivity contribution < 1.29 is 0 Å². The largest absolute Gasteiger partial charge is 0.366 e. The van der Waals surface area contributed by atoms with Crippen LogP contribution in [-0.2, 0) is 12.8 Å².